The number of anilines is 1. The van der Waals surface area contributed by atoms with Gasteiger partial charge < -0.3 is 15.2 Å². The first kappa shape index (κ1) is 13.3. The molecule has 1 aromatic heterocycles. The quantitative estimate of drug-likeness (QED) is 0.468. The molecular weight excluding hydrogens is 252 g/mol. The number of aliphatic hydroxyl groups is 1. The largest absolute Gasteiger partial charge is 0.393 e. The molecule has 0 saturated carbocycles. The molecule has 2 rings (SSSR count). The SMILES string of the molecule is CNc1ccn([C@H]2CC[C@](CO)(N=[N+]=[N-])O2)c(=O)n1. The molecule has 2 atom stereocenters. The molecular formula is C10H14N6O3. The second-order valence-electron chi connectivity index (χ2n) is 4.16. The molecule has 0 amide bonds. The zero-order chi connectivity index (χ0) is 13.9. The van der Waals surface area contributed by atoms with Gasteiger partial charge in [0.15, 0.2) is 5.72 Å². The predicted octanol–water partition coefficient (Wildman–Crippen LogP) is 0.593. The second-order valence-corrected chi connectivity index (χ2v) is 4.16. The minimum absolute atomic E-state index is 0.346. The molecule has 0 aromatic carbocycles. The van der Waals surface area contributed by atoms with Crippen LogP contribution in [0.15, 0.2) is 22.2 Å². The number of hydrogen-bond donors (Lipinski definition) is 2. The highest BCUT2D eigenvalue weighted by Gasteiger charge is 2.40. The van der Waals surface area contributed by atoms with Crippen molar-refractivity contribution in [1.82, 2.24) is 9.55 Å². The average Bonchev–Trinajstić information content (AvgIpc) is 2.83. The van der Waals surface area contributed by atoms with Crippen molar-refractivity contribution < 1.29 is 9.84 Å². The lowest BCUT2D eigenvalue weighted by atomic mass is 10.1. The number of aliphatic hydroxyl groups excluding tert-OH is 1. The Morgan fingerprint density at radius 1 is 1.84 bits per heavy atom. The fourth-order valence-corrected chi connectivity index (χ4v) is 1.99. The van der Waals surface area contributed by atoms with Crippen LogP contribution in [-0.2, 0) is 4.74 Å². The summed E-state index contributed by atoms with van der Waals surface area (Å²) in [6, 6.07) is 1.64. The molecule has 102 valence electrons. The third-order valence-corrected chi connectivity index (χ3v) is 3.01. The number of nitrogens with zero attached hydrogens (tertiary/aromatic N) is 5. The lowest BCUT2D eigenvalue weighted by Crippen LogP contribution is -2.32. The van der Waals surface area contributed by atoms with Crippen molar-refractivity contribution in [2.24, 2.45) is 5.11 Å². The van der Waals surface area contributed by atoms with Crippen molar-refractivity contribution in [1.29, 1.82) is 0 Å². The van der Waals surface area contributed by atoms with Gasteiger partial charge in [-0.3, -0.25) is 4.57 Å². The first-order chi connectivity index (χ1) is 9.14. The van der Waals surface area contributed by atoms with Crippen LogP contribution in [0.3, 0.4) is 0 Å². The normalized spacial score (nSPS) is 25.9. The van der Waals surface area contributed by atoms with E-state index in [0.717, 1.165) is 0 Å². The number of azide groups is 1. The van der Waals surface area contributed by atoms with Crippen LogP contribution >= 0.6 is 0 Å². The van der Waals surface area contributed by atoms with E-state index >= 15 is 0 Å². The molecule has 9 heteroatoms. The molecule has 1 saturated heterocycles. The minimum Gasteiger partial charge on any atom is -0.393 e. The highest BCUT2D eigenvalue weighted by molar-refractivity contribution is 5.30. The number of aromatic nitrogens is 2. The first-order valence-corrected chi connectivity index (χ1v) is 5.76. The number of hydrogen-bond acceptors (Lipinski definition) is 6. The van der Waals surface area contributed by atoms with Gasteiger partial charge in [-0.15, -0.1) is 0 Å². The zero-order valence-electron chi connectivity index (χ0n) is 10.4. The molecule has 0 aliphatic carbocycles. The molecule has 0 unspecified atom stereocenters. The zero-order valence-corrected chi connectivity index (χ0v) is 10.4. The van der Waals surface area contributed by atoms with Gasteiger partial charge >= 0.3 is 5.69 Å². The molecule has 1 aromatic rings. The fraction of sp³-hybridized carbons (Fsp3) is 0.600. The Bertz CT molecular complexity index is 567. The third-order valence-electron chi connectivity index (χ3n) is 3.01. The van der Waals surface area contributed by atoms with Crippen LogP contribution in [0, 0.1) is 0 Å². The molecule has 2 N–H and O–H groups in total. The third kappa shape index (κ3) is 2.53. The van der Waals surface area contributed by atoms with Crippen LogP contribution < -0.4 is 11.0 Å². The second kappa shape index (κ2) is 5.27. The summed E-state index contributed by atoms with van der Waals surface area (Å²) in [4.78, 5) is 18.3. The molecule has 9 nitrogen and oxygen atoms in total. The summed E-state index contributed by atoms with van der Waals surface area (Å²) in [6.45, 7) is -0.426. The van der Waals surface area contributed by atoms with E-state index < -0.39 is 24.2 Å². The molecule has 0 bridgehead atoms. The molecule has 19 heavy (non-hydrogen) atoms. The van der Waals surface area contributed by atoms with Crippen LogP contribution in [-0.4, -0.2) is 34.0 Å². The number of nitrogens with one attached hydrogen (secondary N) is 1. The molecule has 0 radical (unpaired) electrons. The van der Waals surface area contributed by atoms with Crippen LogP contribution in [0.25, 0.3) is 10.4 Å². The number of rotatable bonds is 4. The minimum atomic E-state index is -1.29. The van der Waals surface area contributed by atoms with Gasteiger partial charge in [0.25, 0.3) is 0 Å². The van der Waals surface area contributed by atoms with Crippen LogP contribution in [0.1, 0.15) is 19.1 Å². The fourth-order valence-electron chi connectivity index (χ4n) is 1.99. The van der Waals surface area contributed by atoms with Crippen molar-refractivity contribution in [3.63, 3.8) is 0 Å². The monoisotopic (exact) mass is 266 g/mol. The van der Waals surface area contributed by atoms with E-state index in [-0.39, 0.29) is 0 Å². The summed E-state index contributed by atoms with van der Waals surface area (Å²) in [5, 5.41) is 15.5. The molecule has 1 fully saturated rings. The Balaban J connectivity index is 2.26. The Morgan fingerprint density at radius 2 is 2.63 bits per heavy atom. The summed E-state index contributed by atoms with van der Waals surface area (Å²) < 4.78 is 6.82. The highest BCUT2D eigenvalue weighted by atomic mass is 16.6. The maximum absolute atomic E-state index is 11.8. The predicted molar refractivity (Wildman–Crippen MR) is 66.4 cm³/mol. The van der Waals surface area contributed by atoms with Gasteiger partial charge in [0.2, 0.25) is 0 Å². The van der Waals surface area contributed by atoms with E-state index in [0.29, 0.717) is 18.7 Å². The number of ether oxygens (including phenoxy) is 1. The Kier molecular flexibility index (Phi) is 3.70. The topological polar surface area (TPSA) is 125 Å². The van der Waals surface area contributed by atoms with Crippen molar-refractivity contribution in [2.75, 3.05) is 19.0 Å². The van der Waals surface area contributed by atoms with E-state index in [2.05, 4.69) is 20.3 Å². The summed E-state index contributed by atoms with van der Waals surface area (Å²) in [6.07, 6.45) is 1.76. The van der Waals surface area contributed by atoms with E-state index in [1.807, 2.05) is 0 Å². The van der Waals surface area contributed by atoms with E-state index in [1.165, 1.54) is 4.57 Å². The van der Waals surface area contributed by atoms with Gasteiger partial charge in [-0.2, -0.15) is 4.98 Å². The maximum atomic E-state index is 11.8. The lowest BCUT2D eigenvalue weighted by Gasteiger charge is -2.21. The molecule has 2 heterocycles. The Hall–Kier alpha value is -2.09. The van der Waals surface area contributed by atoms with Crippen LogP contribution in [0.2, 0.25) is 0 Å². The summed E-state index contributed by atoms with van der Waals surface area (Å²) >= 11 is 0. The Labute approximate surface area is 108 Å². The van der Waals surface area contributed by atoms with Gasteiger partial charge in [0.05, 0.1) is 6.61 Å². The summed E-state index contributed by atoms with van der Waals surface area (Å²) in [5.74, 6) is 0.461. The van der Waals surface area contributed by atoms with Crippen molar-refractivity contribution in [3.05, 3.63) is 33.2 Å². The van der Waals surface area contributed by atoms with Gasteiger partial charge in [-0.05, 0) is 24.4 Å². The standard InChI is InChI=1S/C10H14N6O3/c1-12-7-3-5-16(9(18)13-7)8-2-4-10(6-17,19-8)14-15-11/h3,5,8,17H,2,4,6H2,1H3,(H,12,13,18)/t8-,10+/m1/s1. The van der Waals surface area contributed by atoms with Gasteiger partial charge in [-0.25, -0.2) is 4.79 Å². The average molecular weight is 266 g/mol. The van der Waals surface area contributed by atoms with Crippen molar-refractivity contribution >= 4 is 5.82 Å². The lowest BCUT2D eigenvalue weighted by molar-refractivity contribution is -0.0950. The van der Waals surface area contributed by atoms with Gasteiger partial charge in [0, 0.05) is 18.2 Å². The van der Waals surface area contributed by atoms with Crippen LogP contribution in [0.5, 0.6) is 0 Å². The van der Waals surface area contributed by atoms with E-state index in [1.54, 1.807) is 19.3 Å². The summed E-state index contributed by atoms with van der Waals surface area (Å²) in [7, 11) is 1.66. The van der Waals surface area contributed by atoms with Gasteiger partial charge in [0.1, 0.15) is 12.0 Å². The molecule has 1 aliphatic rings. The van der Waals surface area contributed by atoms with Gasteiger partial charge in [-0.1, -0.05) is 5.11 Å². The maximum Gasteiger partial charge on any atom is 0.351 e. The molecule has 1 aliphatic heterocycles. The Morgan fingerprint density at radius 3 is 3.21 bits per heavy atom. The van der Waals surface area contributed by atoms with Crippen molar-refractivity contribution in [2.45, 2.75) is 24.8 Å². The summed E-state index contributed by atoms with van der Waals surface area (Å²) in [5.41, 5.74) is 6.72. The van der Waals surface area contributed by atoms with Crippen molar-refractivity contribution in [3.8, 4) is 0 Å². The highest BCUT2D eigenvalue weighted by Crippen LogP contribution is 2.36. The van der Waals surface area contributed by atoms with E-state index in [4.69, 9.17) is 10.3 Å². The van der Waals surface area contributed by atoms with E-state index in [9.17, 15) is 9.90 Å². The van der Waals surface area contributed by atoms with Crippen LogP contribution in [0.4, 0.5) is 5.82 Å². The first-order valence-electron chi connectivity index (χ1n) is 5.76. The smallest absolute Gasteiger partial charge is 0.351 e. The molecule has 0 spiro atoms.